The van der Waals surface area contributed by atoms with Gasteiger partial charge in [-0.2, -0.15) is 0 Å². The normalized spacial score (nSPS) is 10.2. The molecule has 0 aromatic heterocycles. The molecule has 0 radical (unpaired) electrons. The van der Waals surface area contributed by atoms with Gasteiger partial charge in [0.05, 0.1) is 0 Å². The molecule has 0 aliphatic rings. The number of amides is 2. The van der Waals surface area contributed by atoms with Gasteiger partial charge in [0.1, 0.15) is 0 Å². The van der Waals surface area contributed by atoms with E-state index in [2.05, 4.69) is 5.32 Å². The molecule has 0 saturated carbocycles. The minimum absolute atomic E-state index is 0.0204. The SMILES string of the molecule is CCCN(CCC(=O)NCc1ccc(C)cc1)C(C)=O. The van der Waals surface area contributed by atoms with E-state index in [1.807, 2.05) is 38.1 Å². The maximum atomic E-state index is 11.8. The van der Waals surface area contributed by atoms with E-state index >= 15 is 0 Å². The average molecular weight is 276 g/mol. The quantitative estimate of drug-likeness (QED) is 0.830. The van der Waals surface area contributed by atoms with Gasteiger partial charge in [0.25, 0.3) is 0 Å². The van der Waals surface area contributed by atoms with E-state index in [1.165, 1.54) is 5.56 Å². The van der Waals surface area contributed by atoms with E-state index in [0.717, 1.165) is 12.0 Å². The second-order valence-electron chi connectivity index (χ2n) is 5.02. The van der Waals surface area contributed by atoms with Crippen LogP contribution in [0.1, 0.15) is 37.8 Å². The van der Waals surface area contributed by atoms with E-state index in [9.17, 15) is 9.59 Å². The molecule has 110 valence electrons. The molecule has 0 bridgehead atoms. The van der Waals surface area contributed by atoms with Crippen LogP contribution in [0.15, 0.2) is 24.3 Å². The molecule has 4 heteroatoms. The molecule has 0 saturated heterocycles. The Labute approximate surface area is 121 Å². The highest BCUT2D eigenvalue weighted by atomic mass is 16.2. The van der Waals surface area contributed by atoms with Crippen LogP contribution in [0.2, 0.25) is 0 Å². The third kappa shape index (κ3) is 5.87. The van der Waals surface area contributed by atoms with Crippen molar-refractivity contribution < 1.29 is 9.59 Å². The highest BCUT2D eigenvalue weighted by Gasteiger charge is 2.09. The molecule has 0 aliphatic heterocycles. The van der Waals surface area contributed by atoms with Crippen molar-refractivity contribution in [2.45, 2.75) is 40.2 Å². The Morgan fingerprint density at radius 2 is 1.80 bits per heavy atom. The van der Waals surface area contributed by atoms with Crippen molar-refractivity contribution in [2.24, 2.45) is 0 Å². The summed E-state index contributed by atoms with van der Waals surface area (Å²) in [5.74, 6) is 0.00566. The lowest BCUT2D eigenvalue weighted by atomic mass is 10.1. The molecule has 1 aromatic rings. The predicted octanol–water partition coefficient (Wildman–Crippen LogP) is 2.26. The highest BCUT2D eigenvalue weighted by molar-refractivity contribution is 5.78. The van der Waals surface area contributed by atoms with Crippen molar-refractivity contribution in [2.75, 3.05) is 13.1 Å². The lowest BCUT2D eigenvalue weighted by molar-refractivity contribution is -0.129. The Morgan fingerprint density at radius 1 is 1.15 bits per heavy atom. The van der Waals surface area contributed by atoms with Crippen LogP contribution < -0.4 is 5.32 Å². The fourth-order valence-electron chi connectivity index (χ4n) is 1.93. The molecule has 4 nitrogen and oxygen atoms in total. The standard InChI is InChI=1S/C16H24N2O2/c1-4-10-18(14(3)19)11-9-16(20)17-12-15-7-5-13(2)6-8-15/h5-8H,4,9-12H2,1-3H3,(H,17,20). The van der Waals surface area contributed by atoms with Gasteiger partial charge in [0.2, 0.25) is 11.8 Å². The Morgan fingerprint density at radius 3 is 2.35 bits per heavy atom. The minimum Gasteiger partial charge on any atom is -0.352 e. The number of nitrogens with one attached hydrogen (secondary N) is 1. The first kappa shape index (κ1) is 16.2. The van der Waals surface area contributed by atoms with Crippen molar-refractivity contribution in [1.82, 2.24) is 10.2 Å². The van der Waals surface area contributed by atoms with Crippen LogP contribution >= 0.6 is 0 Å². The summed E-state index contributed by atoms with van der Waals surface area (Å²) in [5, 5.41) is 2.88. The number of hydrogen-bond donors (Lipinski definition) is 1. The molecular weight excluding hydrogens is 252 g/mol. The van der Waals surface area contributed by atoms with Crippen molar-refractivity contribution in [3.63, 3.8) is 0 Å². The summed E-state index contributed by atoms with van der Waals surface area (Å²) in [6.07, 6.45) is 1.26. The average Bonchev–Trinajstić information content (AvgIpc) is 2.42. The summed E-state index contributed by atoms with van der Waals surface area (Å²) in [6, 6.07) is 8.07. The van der Waals surface area contributed by atoms with E-state index < -0.39 is 0 Å². The minimum atomic E-state index is -0.0204. The van der Waals surface area contributed by atoms with Crippen LogP contribution in [0, 0.1) is 6.92 Å². The zero-order valence-corrected chi connectivity index (χ0v) is 12.6. The van der Waals surface area contributed by atoms with Gasteiger partial charge in [-0.25, -0.2) is 0 Å². The Hall–Kier alpha value is -1.84. The molecule has 1 rings (SSSR count). The molecule has 0 atom stereocenters. The molecule has 0 spiro atoms. The molecule has 20 heavy (non-hydrogen) atoms. The first-order chi connectivity index (χ1) is 9.52. The second kappa shape index (κ2) is 8.35. The molecule has 0 aliphatic carbocycles. The highest BCUT2D eigenvalue weighted by Crippen LogP contribution is 2.02. The van der Waals surface area contributed by atoms with Gasteiger partial charge in [-0.1, -0.05) is 36.8 Å². The van der Waals surface area contributed by atoms with Gasteiger partial charge in [-0.15, -0.1) is 0 Å². The zero-order chi connectivity index (χ0) is 15.0. The lowest BCUT2D eigenvalue weighted by Crippen LogP contribution is -2.34. The monoisotopic (exact) mass is 276 g/mol. The van der Waals surface area contributed by atoms with Crippen LogP contribution in [0.5, 0.6) is 0 Å². The third-order valence-electron chi connectivity index (χ3n) is 3.16. The van der Waals surface area contributed by atoms with Crippen molar-refractivity contribution >= 4 is 11.8 Å². The smallest absolute Gasteiger partial charge is 0.222 e. The number of rotatable bonds is 7. The van der Waals surface area contributed by atoms with Crippen LogP contribution in [0.25, 0.3) is 0 Å². The number of carbonyl (C=O) groups is 2. The van der Waals surface area contributed by atoms with E-state index in [0.29, 0.717) is 26.1 Å². The molecule has 1 aromatic carbocycles. The lowest BCUT2D eigenvalue weighted by Gasteiger charge is -2.19. The van der Waals surface area contributed by atoms with Crippen LogP contribution in [-0.2, 0) is 16.1 Å². The Kier molecular flexibility index (Phi) is 6.77. The van der Waals surface area contributed by atoms with Crippen LogP contribution in [-0.4, -0.2) is 29.8 Å². The third-order valence-corrected chi connectivity index (χ3v) is 3.16. The Balaban J connectivity index is 2.32. The van der Waals surface area contributed by atoms with Crippen molar-refractivity contribution in [3.8, 4) is 0 Å². The maximum Gasteiger partial charge on any atom is 0.222 e. The molecular formula is C16H24N2O2. The largest absolute Gasteiger partial charge is 0.352 e. The maximum absolute atomic E-state index is 11.8. The zero-order valence-electron chi connectivity index (χ0n) is 12.6. The summed E-state index contributed by atoms with van der Waals surface area (Å²) >= 11 is 0. The van der Waals surface area contributed by atoms with Gasteiger partial charge in [0, 0.05) is 33.0 Å². The number of hydrogen-bond acceptors (Lipinski definition) is 2. The number of carbonyl (C=O) groups excluding carboxylic acids is 2. The molecule has 0 heterocycles. The number of aryl methyl sites for hydroxylation is 1. The summed E-state index contributed by atoms with van der Waals surface area (Å²) < 4.78 is 0. The molecule has 0 unspecified atom stereocenters. The second-order valence-corrected chi connectivity index (χ2v) is 5.02. The Bertz CT molecular complexity index is 440. The fourth-order valence-corrected chi connectivity index (χ4v) is 1.93. The fraction of sp³-hybridized carbons (Fsp3) is 0.500. The van der Waals surface area contributed by atoms with Gasteiger partial charge >= 0.3 is 0 Å². The topological polar surface area (TPSA) is 49.4 Å². The number of benzene rings is 1. The number of nitrogens with zero attached hydrogens (tertiary/aromatic N) is 1. The van der Waals surface area contributed by atoms with Crippen molar-refractivity contribution in [3.05, 3.63) is 35.4 Å². The summed E-state index contributed by atoms with van der Waals surface area (Å²) in [5.41, 5.74) is 2.29. The van der Waals surface area contributed by atoms with Crippen LogP contribution in [0.3, 0.4) is 0 Å². The van der Waals surface area contributed by atoms with E-state index in [-0.39, 0.29) is 11.8 Å². The van der Waals surface area contributed by atoms with Gasteiger partial charge in [-0.05, 0) is 18.9 Å². The predicted molar refractivity (Wildman–Crippen MR) is 80.2 cm³/mol. The van der Waals surface area contributed by atoms with E-state index in [1.54, 1.807) is 11.8 Å². The molecule has 0 fully saturated rings. The summed E-state index contributed by atoms with van der Waals surface area (Å²) in [4.78, 5) is 24.8. The van der Waals surface area contributed by atoms with Gasteiger partial charge in [-0.3, -0.25) is 9.59 Å². The first-order valence-electron chi connectivity index (χ1n) is 7.10. The first-order valence-corrected chi connectivity index (χ1v) is 7.10. The van der Waals surface area contributed by atoms with E-state index in [4.69, 9.17) is 0 Å². The van der Waals surface area contributed by atoms with Gasteiger partial charge in [0.15, 0.2) is 0 Å². The summed E-state index contributed by atoms with van der Waals surface area (Å²) in [6.45, 7) is 7.33. The molecule has 2 amide bonds. The van der Waals surface area contributed by atoms with Gasteiger partial charge < -0.3 is 10.2 Å². The van der Waals surface area contributed by atoms with Crippen LogP contribution in [0.4, 0.5) is 0 Å². The molecule has 1 N–H and O–H groups in total. The summed E-state index contributed by atoms with van der Waals surface area (Å²) in [7, 11) is 0. The van der Waals surface area contributed by atoms with Crippen molar-refractivity contribution in [1.29, 1.82) is 0 Å².